The Morgan fingerprint density at radius 3 is 2.78 bits per heavy atom. The molecule has 0 spiro atoms. The first kappa shape index (κ1) is 23.0. The fourth-order valence-corrected chi connectivity index (χ4v) is 5.48. The molecule has 0 N–H and O–H groups in total. The van der Waals surface area contributed by atoms with Crippen LogP contribution in [0.3, 0.4) is 0 Å². The van der Waals surface area contributed by atoms with Crippen LogP contribution in [0, 0.1) is 5.82 Å². The number of nitrogens with zero attached hydrogens (tertiary/aromatic N) is 5. The highest BCUT2D eigenvalue weighted by Gasteiger charge is 2.28. The van der Waals surface area contributed by atoms with Gasteiger partial charge in [-0.15, -0.1) is 0 Å². The van der Waals surface area contributed by atoms with Crippen LogP contribution in [-0.4, -0.2) is 56.9 Å². The summed E-state index contributed by atoms with van der Waals surface area (Å²) < 4.78 is 30.8. The van der Waals surface area contributed by atoms with Crippen molar-refractivity contribution in [3.8, 4) is 22.8 Å². The number of piperidine rings is 1. The van der Waals surface area contributed by atoms with Crippen molar-refractivity contribution >= 4 is 21.9 Å². The van der Waals surface area contributed by atoms with Gasteiger partial charge in [0.2, 0.25) is 5.88 Å². The van der Waals surface area contributed by atoms with Crippen LogP contribution >= 0.6 is 0 Å². The van der Waals surface area contributed by atoms with E-state index in [4.69, 9.17) is 9.47 Å². The maximum absolute atomic E-state index is 15.5. The minimum atomic E-state index is -0.444. The number of ether oxygens (including phenoxy) is 2. The quantitative estimate of drug-likeness (QED) is 0.375. The largest absolute Gasteiger partial charge is 0.490 e. The Labute approximate surface area is 208 Å². The molecule has 0 saturated carbocycles. The van der Waals surface area contributed by atoms with E-state index >= 15 is 4.39 Å². The molecule has 9 heteroatoms. The third kappa shape index (κ3) is 3.82. The van der Waals surface area contributed by atoms with E-state index in [2.05, 4.69) is 14.9 Å². The molecule has 36 heavy (non-hydrogen) atoms. The van der Waals surface area contributed by atoms with Crippen LogP contribution in [-0.2, 0) is 7.05 Å². The van der Waals surface area contributed by atoms with Crippen molar-refractivity contribution in [1.29, 1.82) is 0 Å². The lowest BCUT2D eigenvalue weighted by atomic mass is 10.0. The van der Waals surface area contributed by atoms with Gasteiger partial charge in [-0.05, 0) is 45.3 Å². The number of likely N-dealkylation sites (tertiary alicyclic amines) is 1. The molecule has 1 fully saturated rings. The highest BCUT2D eigenvalue weighted by atomic mass is 19.1. The first-order valence-corrected chi connectivity index (χ1v) is 12.7. The molecule has 8 nitrogen and oxygen atoms in total. The van der Waals surface area contributed by atoms with E-state index in [1.165, 1.54) is 38.4 Å². The predicted molar refractivity (Wildman–Crippen MR) is 136 cm³/mol. The summed E-state index contributed by atoms with van der Waals surface area (Å²) in [7, 11) is 1.73. The first-order valence-electron chi connectivity index (χ1n) is 12.7. The van der Waals surface area contributed by atoms with Crippen LogP contribution in [0.2, 0.25) is 0 Å². The Balaban J connectivity index is 1.32. The predicted octanol–water partition coefficient (Wildman–Crippen LogP) is 4.30. The van der Waals surface area contributed by atoms with Gasteiger partial charge in [0.25, 0.3) is 0 Å². The molecule has 0 unspecified atom stereocenters. The number of hydrogen-bond acceptors (Lipinski definition) is 6. The van der Waals surface area contributed by atoms with Crippen molar-refractivity contribution in [2.45, 2.75) is 38.6 Å². The number of imidazole rings is 1. The molecule has 1 atom stereocenters. The Bertz CT molecular complexity index is 1490. The van der Waals surface area contributed by atoms with E-state index < -0.39 is 5.82 Å². The van der Waals surface area contributed by atoms with E-state index in [9.17, 15) is 4.79 Å². The van der Waals surface area contributed by atoms with Gasteiger partial charge in [0, 0.05) is 37.5 Å². The van der Waals surface area contributed by atoms with Gasteiger partial charge >= 0.3 is 5.69 Å². The number of rotatable bonds is 6. The molecule has 0 radical (unpaired) electrons. The van der Waals surface area contributed by atoms with Gasteiger partial charge < -0.3 is 14.4 Å². The number of halogens is 1. The van der Waals surface area contributed by atoms with Crippen LogP contribution in [0.15, 0.2) is 35.4 Å². The lowest BCUT2D eigenvalue weighted by Gasteiger charge is -2.26. The molecule has 1 saturated heterocycles. The number of benzene rings is 1. The lowest BCUT2D eigenvalue weighted by molar-refractivity contribution is 0.203. The van der Waals surface area contributed by atoms with Gasteiger partial charge in [-0.25, -0.2) is 14.2 Å². The summed E-state index contributed by atoms with van der Waals surface area (Å²) in [6.07, 6.45) is 8.08. The molecule has 4 aromatic rings. The molecule has 3 aromatic heterocycles. The van der Waals surface area contributed by atoms with Gasteiger partial charge in [-0.1, -0.05) is 6.42 Å². The molecular formula is C27H30FN5O3. The lowest BCUT2D eigenvalue weighted by Crippen LogP contribution is -2.31. The number of aryl methyl sites for hydroxylation is 1. The molecule has 0 aliphatic carbocycles. The summed E-state index contributed by atoms with van der Waals surface area (Å²) in [6, 6.07) is 4.76. The Hall–Kier alpha value is -3.46. The van der Waals surface area contributed by atoms with Crippen LogP contribution in [0.1, 0.15) is 38.6 Å². The minimum Gasteiger partial charge on any atom is -0.490 e. The second kappa shape index (κ2) is 9.20. The summed E-state index contributed by atoms with van der Waals surface area (Å²) in [4.78, 5) is 24.3. The highest BCUT2D eigenvalue weighted by Crippen LogP contribution is 2.43. The number of hydrogen-bond donors (Lipinski definition) is 0. The average Bonchev–Trinajstić information content (AvgIpc) is 3.05. The molecule has 2 aliphatic rings. The standard InChI is InChI=1S/C27H30FN5O3/c1-17-16-36-26-23(18-7-8-22(30-14-18)35-12-6-11-32-9-4-3-5-10-32)19(28)13-20-24(26)25-21(15-29-20)31(2)27(34)33(17)25/h7-8,13-15,17H,3-6,9-12,16H2,1-2H3/t17-/m1/s1. The molecule has 0 amide bonds. The van der Waals surface area contributed by atoms with Crippen LogP contribution in [0.4, 0.5) is 4.39 Å². The topological polar surface area (TPSA) is 74.4 Å². The zero-order valence-corrected chi connectivity index (χ0v) is 20.7. The van der Waals surface area contributed by atoms with E-state index in [0.29, 0.717) is 45.8 Å². The van der Waals surface area contributed by atoms with Crippen LogP contribution in [0.5, 0.6) is 11.6 Å². The second-order valence-electron chi connectivity index (χ2n) is 9.81. The normalized spacial score (nSPS) is 18.0. The molecule has 0 bridgehead atoms. The summed E-state index contributed by atoms with van der Waals surface area (Å²) in [5.41, 5.74) is 2.62. The van der Waals surface area contributed by atoms with Crippen molar-refractivity contribution in [3.63, 3.8) is 0 Å². The van der Waals surface area contributed by atoms with Gasteiger partial charge in [0.1, 0.15) is 18.2 Å². The average molecular weight is 492 g/mol. The molecule has 6 rings (SSSR count). The molecule has 5 heterocycles. The zero-order valence-electron chi connectivity index (χ0n) is 20.7. The van der Waals surface area contributed by atoms with Crippen molar-refractivity contribution in [2.24, 2.45) is 7.05 Å². The van der Waals surface area contributed by atoms with E-state index in [1.807, 2.05) is 6.92 Å². The van der Waals surface area contributed by atoms with Crippen molar-refractivity contribution < 1.29 is 13.9 Å². The molecule has 188 valence electrons. The Morgan fingerprint density at radius 1 is 1.17 bits per heavy atom. The van der Waals surface area contributed by atoms with Crippen LogP contribution in [0.25, 0.3) is 33.1 Å². The Kier molecular flexibility index (Phi) is 5.87. The summed E-state index contributed by atoms with van der Waals surface area (Å²) in [5, 5.41) is 0.643. The fourth-order valence-electron chi connectivity index (χ4n) is 5.48. The summed E-state index contributed by atoms with van der Waals surface area (Å²) >= 11 is 0. The van der Waals surface area contributed by atoms with Crippen molar-refractivity contribution in [2.75, 3.05) is 32.8 Å². The maximum Gasteiger partial charge on any atom is 0.329 e. The number of pyridine rings is 2. The molecular weight excluding hydrogens is 461 g/mol. The van der Waals surface area contributed by atoms with Gasteiger partial charge in [0.15, 0.2) is 0 Å². The van der Waals surface area contributed by atoms with Gasteiger partial charge in [-0.2, -0.15) is 0 Å². The third-order valence-corrected chi connectivity index (χ3v) is 7.37. The number of aromatic nitrogens is 4. The SMILES string of the molecule is C[C@@H]1COc2c(-c3ccc(OCCCN4CCCCC4)nc3)c(F)cc3ncc4c(c23)n1c(=O)n4C. The van der Waals surface area contributed by atoms with Crippen molar-refractivity contribution in [3.05, 3.63) is 46.9 Å². The minimum absolute atomic E-state index is 0.141. The smallest absolute Gasteiger partial charge is 0.329 e. The molecule has 1 aromatic carbocycles. The zero-order chi connectivity index (χ0) is 24.8. The van der Waals surface area contributed by atoms with Crippen molar-refractivity contribution in [1.82, 2.24) is 24.0 Å². The second-order valence-corrected chi connectivity index (χ2v) is 9.81. The summed E-state index contributed by atoms with van der Waals surface area (Å²) in [6.45, 7) is 6.14. The summed E-state index contributed by atoms with van der Waals surface area (Å²) in [5.74, 6) is 0.462. The van der Waals surface area contributed by atoms with Gasteiger partial charge in [-0.3, -0.25) is 14.1 Å². The van der Waals surface area contributed by atoms with Crippen LogP contribution < -0.4 is 15.2 Å². The third-order valence-electron chi connectivity index (χ3n) is 7.37. The fraction of sp³-hybridized carbons (Fsp3) is 0.444. The van der Waals surface area contributed by atoms with Gasteiger partial charge in [0.05, 0.1) is 46.3 Å². The van der Waals surface area contributed by atoms with E-state index in [-0.39, 0.29) is 18.3 Å². The molecule has 2 aliphatic heterocycles. The highest BCUT2D eigenvalue weighted by molar-refractivity contribution is 6.09. The first-order chi connectivity index (χ1) is 17.5. The Morgan fingerprint density at radius 2 is 2.00 bits per heavy atom. The van der Waals surface area contributed by atoms with E-state index in [0.717, 1.165) is 18.5 Å². The van der Waals surface area contributed by atoms with E-state index in [1.54, 1.807) is 40.7 Å². The monoisotopic (exact) mass is 491 g/mol. The maximum atomic E-state index is 15.5.